The van der Waals surface area contributed by atoms with Crippen molar-refractivity contribution in [3.8, 4) is 11.5 Å². The zero-order valence-electron chi connectivity index (χ0n) is 71.3. The van der Waals surface area contributed by atoms with Crippen LogP contribution in [0.2, 0.25) is 0 Å². The van der Waals surface area contributed by atoms with Crippen molar-refractivity contribution in [2.75, 3.05) is 26.2 Å². The van der Waals surface area contributed by atoms with Gasteiger partial charge in [-0.25, -0.2) is 9.78 Å². The van der Waals surface area contributed by atoms with Crippen LogP contribution in [0.3, 0.4) is 0 Å². The molecule has 45 heteroatoms. The van der Waals surface area contributed by atoms with Gasteiger partial charge in [-0.2, -0.15) is 0 Å². The van der Waals surface area contributed by atoms with E-state index in [0.717, 1.165) is 6.92 Å². The normalized spacial score (nSPS) is 15.5. The Balaban J connectivity index is 1.62. The molecule has 686 valence electrons. The Kier molecular flexibility index (Phi) is 42.6. The number of carbonyl (C=O) groups is 16. The van der Waals surface area contributed by atoms with E-state index in [9.17, 15) is 92.0 Å². The number of hydrogen-bond donors (Lipinski definition) is 28. The highest BCUT2D eigenvalue weighted by Gasteiger charge is 2.45. The molecule has 0 radical (unpaired) electrons. The lowest BCUT2D eigenvalue weighted by molar-refractivity contribution is -0.139. The summed E-state index contributed by atoms with van der Waals surface area (Å²) in [5, 5.41) is 88.0. The Labute approximate surface area is 717 Å². The summed E-state index contributed by atoms with van der Waals surface area (Å²) in [6.07, 6.45) is -2.23. The van der Waals surface area contributed by atoms with Gasteiger partial charge >= 0.3 is 6.03 Å². The van der Waals surface area contributed by atoms with Crippen LogP contribution in [0.5, 0.6) is 11.5 Å². The zero-order chi connectivity index (χ0) is 92.8. The summed E-state index contributed by atoms with van der Waals surface area (Å²) in [7, 11) is 0. The van der Waals surface area contributed by atoms with Gasteiger partial charge in [0, 0.05) is 50.7 Å². The lowest BCUT2D eigenvalue weighted by Crippen LogP contribution is -2.67. The van der Waals surface area contributed by atoms with Crippen LogP contribution in [0.25, 0.3) is 0 Å². The largest absolute Gasteiger partial charge is 0.508 e. The number of aromatic nitrogens is 2. The SMILES string of the molecule is CC(C)C[C@H](NC(N)=O)C(=O)N[C@@H](CCCNC(=N)N)C(=O)N[C@@H](Cc1cnc[nH]1)C(=O)N[C@@H](Cc1ccc(O)cc1)C(=O)N[C@@H](CC(C)C)C(=O)N[C@@H](CC(N)=O)C(=O)N[C@@H](CC(C)C)C(=O)N[C@H](C(=O)N[C@H](C(=O)N[C@@H](CCCNC(=N)N)C(=O)N[C@@H](CCC(N)=O)C(=O)NC1(C(=O)N[C@@H](Cc2ccc(O)cc2)C(N)=O)CCNCC1)[C@@H](C)O)C(C)C. The van der Waals surface area contributed by atoms with Crippen molar-refractivity contribution in [3.05, 3.63) is 77.9 Å². The molecule has 124 heavy (non-hydrogen) atoms. The molecule has 2 aromatic carbocycles. The number of imidazole rings is 1. The Morgan fingerprint density at radius 2 is 0.815 bits per heavy atom. The number of rotatable bonds is 53. The van der Waals surface area contributed by atoms with Crippen LogP contribution in [-0.4, -0.2) is 242 Å². The number of hydrogen-bond acceptors (Lipinski definition) is 23. The van der Waals surface area contributed by atoms with E-state index in [1.54, 1.807) is 41.5 Å². The van der Waals surface area contributed by atoms with Crippen molar-refractivity contribution in [1.29, 1.82) is 10.8 Å². The monoisotopic (exact) mass is 1740 g/mol. The van der Waals surface area contributed by atoms with E-state index in [0.29, 0.717) is 16.8 Å². The maximum absolute atomic E-state index is 14.9. The molecular formula is C79H126N26O19. The fraction of sp³-hybridized carbons (Fsp3) is 0.582. The van der Waals surface area contributed by atoms with Crippen molar-refractivity contribution in [2.45, 2.75) is 243 Å². The van der Waals surface area contributed by atoms with Gasteiger partial charge in [0.2, 0.25) is 88.6 Å². The molecule has 2 heterocycles. The summed E-state index contributed by atoms with van der Waals surface area (Å²) in [5.41, 5.74) is 32.8. The van der Waals surface area contributed by atoms with Gasteiger partial charge in [0.15, 0.2) is 11.9 Å². The van der Waals surface area contributed by atoms with Gasteiger partial charge in [-0.3, -0.25) is 82.7 Å². The first-order valence-electron chi connectivity index (χ1n) is 40.9. The molecule has 1 fully saturated rings. The Morgan fingerprint density at radius 3 is 1.23 bits per heavy atom. The molecule has 4 rings (SSSR count). The van der Waals surface area contributed by atoms with E-state index in [4.69, 9.17) is 45.2 Å². The zero-order valence-corrected chi connectivity index (χ0v) is 71.3. The minimum absolute atomic E-state index is 0.0118. The van der Waals surface area contributed by atoms with E-state index in [-0.39, 0.29) is 127 Å². The molecule has 13 atom stereocenters. The minimum atomic E-state index is -1.92. The highest BCUT2D eigenvalue weighted by atomic mass is 16.3. The molecule has 17 amide bonds. The van der Waals surface area contributed by atoms with E-state index < -0.39 is 222 Å². The molecule has 34 N–H and O–H groups in total. The van der Waals surface area contributed by atoms with E-state index in [1.807, 2.05) is 0 Å². The summed E-state index contributed by atoms with van der Waals surface area (Å²) in [6, 6.07) is -8.63. The summed E-state index contributed by atoms with van der Waals surface area (Å²) < 4.78 is 0. The molecule has 1 aromatic heterocycles. The van der Waals surface area contributed by atoms with Gasteiger partial charge in [0.25, 0.3) is 0 Å². The third-order valence-corrected chi connectivity index (χ3v) is 19.8. The first-order valence-corrected chi connectivity index (χ1v) is 40.9. The number of benzene rings is 2. The van der Waals surface area contributed by atoms with Crippen molar-refractivity contribution in [2.24, 2.45) is 58.1 Å². The average Bonchev–Trinajstić information content (AvgIpc) is 0.942. The van der Waals surface area contributed by atoms with Gasteiger partial charge in [0.05, 0.1) is 18.9 Å². The lowest BCUT2D eigenvalue weighted by atomic mass is 9.86. The van der Waals surface area contributed by atoms with E-state index in [1.165, 1.54) is 74.9 Å². The molecule has 1 aliphatic rings. The fourth-order valence-corrected chi connectivity index (χ4v) is 13.3. The number of phenols is 2. The first-order chi connectivity index (χ1) is 58.3. The lowest BCUT2D eigenvalue weighted by Gasteiger charge is -2.39. The van der Waals surface area contributed by atoms with Crippen LogP contribution in [0.15, 0.2) is 61.1 Å². The Morgan fingerprint density at radius 1 is 0.435 bits per heavy atom. The van der Waals surface area contributed by atoms with Gasteiger partial charge in [-0.15, -0.1) is 0 Å². The van der Waals surface area contributed by atoms with Crippen molar-refractivity contribution in [1.82, 2.24) is 95.0 Å². The number of amides is 17. The Bertz CT molecular complexity index is 4140. The first kappa shape index (κ1) is 103. The summed E-state index contributed by atoms with van der Waals surface area (Å²) in [4.78, 5) is 231. The van der Waals surface area contributed by atoms with Crippen LogP contribution in [0.4, 0.5) is 4.79 Å². The molecule has 45 nitrogen and oxygen atoms in total. The molecule has 1 aliphatic heterocycles. The molecular weight excluding hydrogens is 1620 g/mol. The highest BCUT2D eigenvalue weighted by molar-refractivity contribution is 6.02. The Hall–Kier alpha value is -13.0. The van der Waals surface area contributed by atoms with Gasteiger partial charge in [-0.05, 0) is 143 Å². The molecule has 0 bridgehead atoms. The van der Waals surface area contributed by atoms with Crippen molar-refractivity contribution < 1.29 is 92.0 Å². The van der Waals surface area contributed by atoms with Crippen molar-refractivity contribution >= 4 is 107 Å². The molecule has 3 aromatic rings. The van der Waals surface area contributed by atoms with Crippen LogP contribution < -0.4 is 119 Å². The summed E-state index contributed by atoms with van der Waals surface area (Å²) in [5.74, 6) is -17.9. The summed E-state index contributed by atoms with van der Waals surface area (Å²) in [6.45, 7) is 14.8. The van der Waals surface area contributed by atoms with E-state index >= 15 is 0 Å². The number of urea groups is 1. The molecule has 0 aliphatic carbocycles. The topological polar surface area (TPSA) is 759 Å². The number of carbonyl (C=O) groups excluding carboxylic acids is 16. The molecule has 0 unspecified atom stereocenters. The van der Waals surface area contributed by atoms with Crippen LogP contribution >= 0.6 is 0 Å². The number of guanidine groups is 2. The molecule has 1 saturated heterocycles. The van der Waals surface area contributed by atoms with Gasteiger partial charge in [-0.1, -0.05) is 79.7 Å². The predicted molar refractivity (Wildman–Crippen MR) is 451 cm³/mol. The highest BCUT2D eigenvalue weighted by Crippen LogP contribution is 2.23. The average molecular weight is 1740 g/mol. The van der Waals surface area contributed by atoms with E-state index in [2.05, 4.69) is 95.0 Å². The fourth-order valence-electron chi connectivity index (χ4n) is 13.3. The maximum Gasteiger partial charge on any atom is 0.312 e. The number of piperidine rings is 1. The number of aromatic amines is 1. The molecule has 0 spiro atoms. The number of aromatic hydroxyl groups is 2. The van der Waals surface area contributed by atoms with Crippen molar-refractivity contribution in [3.63, 3.8) is 0 Å². The minimum Gasteiger partial charge on any atom is -0.508 e. The third kappa shape index (κ3) is 36.8. The molecule has 0 saturated carbocycles. The number of aliphatic hydroxyl groups is 1. The van der Waals surface area contributed by atoms with Crippen LogP contribution in [0.1, 0.15) is 156 Å². The van der Waals surface area contributed by atoms with Crippen LogP contribution in [0, 0.1) is 34.5 Å². The standard InChI is InChI=1S/C79H126N26O19/c1-39(2)30-53(96-68(116)56(34-45-16-20-48(108)21-17-45)98-69(117)57(35-46-37-89-38-92-46)99-65(113)49(12-10-26-90-76(83)84)93-67(115)55(32-41(5)6)102-78(87)124)66(114)100-58(36-60(81)110)70(118)97-54(31-40(3)4)71(119)103-61(42(7)8)73(121)104-62(43(9)106)74(122)95-50(13-11-27-91-77(85)86)64(112)94-51(22-23-59(80)109)72(120)105-79(24-28-88-29-25-79)75(123)101-52(63(82)111)33-44-14-18-47(107)19-15-44/h14-21,37-43,49-58,61-62,88,106-108H,10-13,22-36H2,1-9H3,(H2,80,109)(H2,81,110)(H2,82,111)(H,89,92)(H,93,115)(H,94,112)(H,95,122)(H,96,116)(H,97,118)(H,98,117)(H,99,113)(H,100,114)(H,101,123)(H,103,119)(H,104,121)(H,105,120)(H4,83,84,90)(H4,85,86,91)(H3,87,102,124)/t43-,49+,50+,51+,52+,53+,54+,55+,56+,57+,58+,61+,62+/m1/s1. The van der Waals surface area contributed by atoms with Gasteiger partial charge in [0.1, 0.15) is 89.5 Å². The predicted octanol–water partition coefficient (Wildman–Crippen LogP) is -6.22. The van der Waals surface area contributed by atoms with Gasteiger partial charge < -0.3 is 140 Å². The van der Waals surface area contributed by atoms with Crippen LogP contribution in [-0.2, 0) is 91.2 Å². The number of phenolic OH excluding ortho intramolecular Hbond substituents is 2. The second-order valence-electron chi connectivity index (χ2n) is 32.3. The number of nitrogens with two attached hydrogens (primary N) is 6. The smallest absolute Gasteiger partial charge is 0.312 e. The third-order valence-electron chi connectivity index (χ3n) is 19.8. The number of H-pyrrole nitrogens is 1. The number of nitrogens with zero attached hydrogens (tertiary/aromatic N) is 1. The number of nitrogens with one attached hydrogen (secondary N) is 19. The second kappa shape index (κ2) is 51.1. The maximum atomic E-state index is 14.9. The quantitative estimate of drug-likeness (QED) is 0.0142. The summed E-state index contributed by atoms with van der Waals surface area (Å²) >= 11 is 0. The number of primary amides is 4. The second-order valence-corrected chi connectivity index (χ2v) is 32.3. The number of aliphatic hydroxyl groups excluding tert-OH is 1.